The number of halogens is 2. The average Bonchev–Trinajstić information content (AvgIpc) is 3.35. The van der Waals surface area contributed by atoms with Crippen LogP contribution < -0.4 is 5.32 Å². The Morgan fingerprint density at radius 1 is 1.13 bits per heavy atom. The Bertz CT molecular complexity index is 1140. The second kappa shape index (κ2) is 9.08. The van der Waals surface area contributed by atoms with Crippen molar-refractivity contribution in [2.75, 3.05) is 0 Å². The number of aromatic nitrogens is 4. The van der Waals surface area contributed by atoms with Gasteiger partial charge in [0, 0.05) is 25.5 Å². The SMILES string of the molecule is O=C(Cn1c(SC(F)F)nc2ccccc21)NCc1cccc(Cn2ccnc2)c1. The van der Waals surface area contributed by atoms with E-state index in [2.05, 4.69) is 15.3 Å². The Kier molecular flexibility index (Phi) is 6.08. The fourth-order valence-electron chi connectivity index (χ4n) is 3.21. The number of fused-ring (bicyclic) bond motifs is 1. The molecular weight excluding hydrogens is 408 g/mol. The molecule has 6 nitrogen and oxygen atoms in total. The van der Waals surface area contributed by atoms with Crippen molar-refractivity contribution in [2.45, 2.75) is 30.5 Å². The van der Waals surface area contributed by atoms with E-state index in [1.807, 2.05) is 35.0 Å². The number of benzene rings is 2. The van der Waals surface area contributed by atoms with Crippen LogP contribution in [0.5, 0.6) is 0 Å². The molecule has 0 fully saturated rings. The molecule has 0 aliphatic heterocycles. The number of nitrogens with one attached hydrogen (secondary N) is 1. The molecule has 4 aromatic rings. The molecular formula is C21H19F2N5OS. The lowest BCUT2D eigenvalue weighted by molar-refractivity contribution is -0.121. The van der Waals surface area contributed by atoms with Gasteiger partial charge < -0.3 is 14.5 Å². The lowest BCUT2D eigenvalue weighted by Gasteiger charge is -2.10. The van der Waals surface area contributed by atoms with Gasteiger partial charge in [0.05, 0.1) is 17.4 Å². The van der Waals surface area contributed by atoms with E-state index in [9.17, 15) is 13.6 Å². The number of nitrogens with zero attached hydrogens (tertiary/aromatic N) is 4. The maximum atomic E-state index is 12.9. The van der Waals surface area contributed by atoms with Crippen molar-refractivity contribution in [1.82, 2.24) is 24.4 Å². The monoisotopic (exact) mass is 427 g/mol. The summed E-state index contributed by atoms with van der Waals surface area (Å²) < 4.78 is 29.3. The maximum Gasteiger partial charge on any atom is 0.291 e. The smallest absolute Gasteiger partial charge is 0.291 e. The Balaban J connectivity index is 1.43. The molecule has 0 spiro atoms. The molecule has 0 atom stereocenters. The highest BCUT2D eigenvalue weighted by molar-refractivity contribution is 7.99. The third kappa shape index (κ3) is 4.85. The molecule has 9 heteroatoms. The van der Waals surface area contributed by atoms with E-state index in [0.717, 1.165) is 11.1 Å². The van der Waals surface area contributed by atoms with Crippen LogP contribution in [0.25, 0.3) is 11.0 Å². The van der Waals surface area contributed by atoms with Gasteiger partial charge in [-0.1, -0.05) is 36.4 Å². The molecule has 0 unspecified atom stereocenters. The van der Waals surface area contributed by atoms with E-state index in [1.165, 1.54) is 4.57 Å². The number of carbonyl (C=O) groups is 1. The third-order valence-electron chi connectivity index (χ3n) is 4.52. The Morgan fingerprint density at radius 2 is 1.97 bits per heavy atom. The molecule has 2 aromatic carbocycles. The summed E-state index contributed by atoms with van der Waals surface area (Å²) in [4.78, 5) is 20.8. The molecule has 0 aliphatic carbocycles. The summed E-state index contributed by atoms with van der Waals surface area (Å²) in [6.45, 7) is 0.960. The van der Waals surface area contributed by atoms with E-state index >= 15 is 0 Å². The molecule has 0 saturated carbocycles. The van der Waals surface area contributed by atoms with Crippen LogP contribution >= 0.6 is 11.8 Å². The molecule has 154 valence electrons. The normalized spacial score (nSPS) is 11.3. The van der Waals surface area contributed by atoms with E-state index in [0.29, 0.717) is 35.9 Å². The van der Waals surface area contributed by atoms with Crippen molar-refractivity contribution in [3.63, 3.8) is 0 Å². The molecule has 1 N–H and O–H groups in total. The Hall–Kier alpha value is -3.20. The topological polar surface area (TPSA) is 64.7 Å². The second-order valence-electron chi connectivity index (χ2n) is 6.68. The van der Waals surface area contributed by atoms with Crippen LogP contribution in [0.15, 0.2) is 72.4 Å². The minimum Gasteiger partial charge on any atom is -0.350 e. The number of carbonyl (C=O) groups excluding carboxylic acids is 1. The summed E-state index contributed by atoms with van der Waals surface area (Å²) in [6.07, 6.45) is 5.36. The Labute approximate surface area is 175 Å². The van der Waals surface area contributed by atoms with Crippen LogP contribution in [0.2, 0.25) is 0 Å². The first-order valence-corrected chi connectivity index (χ1v) is 10.2. The summed E-state index contributed by atoms with van der Waals surface area (Å²) in [5, 5.41) is 2.99. The molecule has 2 heterocycles. The first-order chi connectivity index (χ1) is 14.6. The van der Waals surface area contributed by atoms with Gasteiger partial charge in [-0.05, 0) is 35.0 Å². The largest absolute Gasteiger partial charge is 0.350 e. The fourth-order valence-corrected chi connectivity index (χ4v) is 3.81. The van der Waals surface area contributed by atoms with E-state index in [-0.39, 0.29) is 17.6 Å². The highest BCUT2D eigenvalue weighted by Crippen LogP contribution is 2.28. The van der Waals surface area contributed by atoms with Crippen molar-refractivity contribution in [2.24, 2.45) is 0 Å². The van der Waals surface area contributed by atoms with Gasteiger partial charge in [-0.25, -0.2) is 9.97 Å². The van der Waals surface area contributed by atoms with Gasteiger partial charge in [0.25, 0.3) is 5.76 Å². The average molecular weight is 427 g/mol. The number of rotatable bonds is 8. The van der Waals surface area contributed by atoms with Crippen LogP contribution in [0.4, 0.5) is 8.78 Å². The van der Waals surface area contributed by atoms with Crippen LogP contribution in [-0.4, -0.2) is 30.8 Å². The van der Waals surface area contributed by atoms with E-state index in [1.54, 1.807) is 36.8 Å². The van der Waals surface area contributed by atoms with Crippen molar-refractivity contribution in [3.05, 3.63) is 78.4 Å². The van der Waals surface area contributed by atoms with Crippen molar-refractivity contribution < 1.29 is 13.6 Å². The van der Waals surface area contributed by atoms with Gasteiger partial charge in [0.1, 0.15) is 6.54 Å². The number of hydrogen-bond acceptors (Lipinski definition) is 4. The lowest BCUT2D eigenvalue weighted by atomic mass is 10.1. The molecule has 30 heavy (non-hydrogen) atoms. The highest BCUT2D eigenvalue weighted by Gasteiger charge is 2.17. The second-order valence-corrected chi connectivity index (χ2v) is 7.64. The van der Waals surface area contributed by atoms with Crippen molar-refractivity contribution in [3.8, 4) is 0 Å². The molecule has 0 radical (unpaired) electrons. The Morgan fingerprint density at radius 3 is 2.77 bits per heavy atom. The zero-order valence-corrected chi connectivity index (χ0v) is 16.7. The summed E-state index contributed by atoms with van der Waals surface area (Å²) in [5.74, 6) is -2.88. The van der Waals surface area contributed by atoms with Gasteiger partial charge in [0.15, 0.2) is 5.16 Å². The summed E-state index contributed by atoms with van der Waals surface area (Å²) in [7, 11) is 0. The number of imidazole rings is 2. The standard InChI is InChI=1S/C21H19F2N5OS/c22-20(23)30-21-26-17-6-1-2-7-18(17)28(21)13-19(29)25-11-15-4-3-5-16(10-15)12-27-9-8-24-14-27/h1-10,14,20H,11-13H2,(H,25,29). The van der Waals surface area contributed by atoms with Gasteiger partial charge in [-0.3, -0.25) is 4.79 Å². The zero-order chi connectivity index (χ0) is 20.9. The zero-order valence-electron chi connectivity index (χ0n) is 15.9. The predicted molar refractivity (Wildman–Crippen MR) is 111 cm³/mol. The number of amides is 1. The summed E-state index contributed by atoms with van der Waals surface area (Å²) in [5.41, 5.74) is 3.29. The van der Waals surface area contributed by atoms with Gasteiger partial charge in [-0.2, -0.15) is 8.78 Å². The molecule has 0 bridgehead atoms. The number of hydrogen-bond donors (Lipinski definition) is 1. The maximum absolute atomic E-state index is 12.9. The van der Waals surface area contributed by atoms with E-state index < -0.39 is 5.76 Å². The minimum absolute atomic E-state index is 0.0791. The van der Waals surface area contributed by atoms with Crippen LogP contribution in [-0.2, 0) is 24.4 Å². The molecule has 2 aromatic heterocycles. The summed E-state index contributed by atoms with van der Waals surface area (Å²) in [6, 6.07) is 15.0. The molecule has 4 rings (SSSR count). The molecule has 1 amide bonds. The minimum atomic E-state index is -2.61. The lowest BCUT2D eigenvalue weighted by Crippen LogP contribution is -2.27. The fraction of sp³-hybridized carbons (Fsp3) is 0.190. The van der Waals surface area contributed by atoms with Crippen LogP contribution in [0.3, 0.4) is 0 Å². The number of alkyl halides is 2. The third-order valence-corrected chi connectivity index (χ3v) is 5.22. The van der Waals surface area contributed by atoms with Crippen molar-refractivity contribution in [1.29, 1.82) is 0 Å². The quantitative estimate of drug-likeness (QED) is 0.433. The van der Waals surface area contributed by atoms with Crippen LogP contribution in [0.1, 0.15) is 11.1 Å². The number of thioether (sulfide) groups is 1. The number of para-hydroxylation sites is 2. The first kappa shape index (κ1) is 20.1. The summed E-state index contributed by atoms with van der Waals surface area (Å²) >= 11 is 0.342. The predicted octanol–water partition coefficient (Wildman–Crippen LogP) is 3.91. The highest BCUT2D eigenvalue weighted by atomic mass is 32.2. The van der Waals surface area contributed by atoms with E-state index in [4.69, 9.17) is 0 Å². The first-order valence-electron chi connectivity index (χ1n) is 9.29. The van der Waals surface area contributed by atoms with Gasteiger partial charge in [-0.15, -0.1) is 0 Å². The van der Waals surface area contributed by atoms with Gasteiger partial charge in [0.2, 0.25) is 5.91 Å². The molecule has 0 aliphatic rings. The van der Waals surface area contributed by atoms with Gasteiger partial charge >= 0.3 is 0 Å². The van der Waals surface area contributed by atoms with Crippen LogP contribution in [0, 0.1) is 0 Å². The molecule has 0 saturated heterocycles. The van der Waals surface area contributed by atoms with Crippen molar-refractivity contribution >= 4 is 28.7 Å².